The second kappa shape index (κ2) is 4.36. The van der Waals surface area contributed by atoms with Gasteiger partial charge in [-0.15, -0.1) is 0 Å². The molecule has 0 bridgehead atoms. The minimum atomic E-state index is -4.79. The Morgan fingerprint density at radius 1 is 1.00 bits per heavy atom. The van der Waals surface area contributed by atoms with Crippen molar-refractivity contribution in [2.45, 2.75) is 32.4 Å². The number of alkyl halides is 3. The molecule has 108 valence electrons. The van der Waals surface area contributed by atoms with E-state index >= 15 is 0 Å². The number of phenols is 1. The molecule has 20 heavy (non-hydrogen) atoms. The van der Waals surface area contributed by atoms with Gasteiger partial charge in [-0.2, -0.15) is 13.2 Å². The lowest BCUT2D eigenvalue weighted by Gasteiger charge is -2.24. The van der Waals surface area contributed by atoms with Crippen LogP contribution in [0.2, 0.25) is 0 Å². The molecule has 1 N–H and O–H groups in total. The first-order valence-corrected chi connectivity index (χ1v) is 6.04. The molecule has 0 saturated carbocycles. The zero-order chi connectivity index (χ0) is 15.3. The molecule has 0 heterocycles. The second-order valence-electron chi connectivity index (χ2n) is 5.76. The monoisotopic (exact) mass is 286 g/mol. The van der Waals surface area contributed by atoms with E-state index in [4.69, 9.17) is 0 Å². The lowest BCUT2D eigenvalue weighted by molar-refractivity contribution is -0.138. The molecule has 0 unspecified atom stereocenters. The van der Waals surface area contributed by atoms with Crippen LogP contribution < -0.4 is 0 Å². The lowest BCUT2D eigenvalue weighted by Crippen LogP contribution is -2.16. The van der Waals surface area contributed by atoms with Crippen molar-refractivity contribution < 1.29 is 22.7 Å². The first-order valence-electron chi connectivity index (χ1n) is 6.04. The number of aromatic hydroxyl groups is 1. The Kier molecular flexibility index (Phi) is 3.19. The first-order chi connectivity index (χ1) is 9.01. The van der Waals surface area contributed by atoms with Gasteiger partial charge in [-0.1, -0.05) is 26.8 Å². The van der Waals surface area contributed by atoms with E-state index in [1.807, 2.05) is 0 Å². The van der Waals surface area contributed by atoms with Crippen LogP contribution in [0.5, 0.6) is 5.75 Å². The van der Waals surface area contributed by atoms with Gasteiger partial charge in [0.25, 0.3) is 0 Å². The zero-order valence-corrected chi connectivity index (χ0v) is 11.3. The lowest BCUT2D eigenvalue weighted by atomic mass is 9.82. The summed E-state index contributed by atoms with van der Waals surface area (Å²) in [6.45, 7) is 5.14. The van der Waals surface area contributed by atoms with Gasteiger partial charge < -0.3 is 5.11 Å². The highest BCUT2D eigenvalue weighted by atomic mass is 19.4. The average Bonchev–Trinajstić information content (AvgIpc) is 2.25. The molecule has 0 fully saturated rings. The van der Waals surface area contributed by atoms with E-state index in [1.165, 1.54) is 18.2 Å². The molecule has 0 aromatic heterocycles. The van der Waals surface area contributed by atoms with Crippen LogP contribution in [0.3, 0.4) is 0 Å². The summed E-state index contributed by atoms with van der Waals surface area (Å²) in [5.74, 6) is -1.44. The van der Waals surface area contributed by atoms with Crippen molar-refractivity contribution in [3.05, 3.63) is 41.2 Å². The predicted molar refractivity (Wildman–Crippen MR) is 69.3 cm³/mol. The van der Waals surface area contributed by atoms with Gasteiger partial charge in [-0.25, -0.2) is 4.39 Å². The van der Waals surface area contributed by atoms with Crippen LogP contribution in [0, 0.1) is 5.82 Å². The highest BCUT2D eigenvalue weighted by molar-refractivity contribution is 5.91. The summed E-state index contributed by atoms with van der Waals surface area (Å²) in [7, 11) is 0. The van der Waals surface area contributed by atoms with Crippen LogP contribution >= 0.6 is 0 Å². The second-order valence-corrected chi connectivity index (χ2v) is 5.76. The third-order valence-corrected chi connectivity index (χ3v) is 3.14. The van der Waals surface area contributed by atoms with Gasteiger partial charge >= 0.3 is 6.18 Å². The molecular formula is C15H14F4O. The fourth-order valence-corrected chi connectivity index (χ4v) is 2.29. The summed E-state index contributed by atoms with van der Waals surface area (Å²) in [5, 5.41) is 9.64. The third kappa shape index (κ3) is 2.44. The Hall–Kier alpha value is -1.78. The topological polar surface area (TPSA) is 20.2 Å². The highest BCUT2D eigenvalue weighted by Gasteiger charge is 2.38. The van der Waals surface area contributed by atoms with Crippen molar-refractivity contribution in [3.63, 3.8) is 0 Å². The Balaban J connectivity index is 3.03. The summed E-state index contributed by atoms with van der Waals surface area (Å²) < 4.78 is 53.1. The number of phenolic OH excluding ortho intramolecular Hbond substituents is 1. The minimum absolute atomic E-state index is 0.137. The first kappa shape index (κ1) is 14.6. The molecule has 0 aliphatic heterocycles. The van der Waals surface area contributed by atoms with E-state index in [0.29, 0.717) is 0 Å². The Bertz CT molecular complexity index is 666. The Morgan fingerprint density at radius 3 is 2.10 bits per heavy atom. The van der Waals surface area contributed by atoms with Gasteiger partial charge in [0.05, 0.1) is 5.56 Å². The largest absolute Gasteiger partial charge is 0.508 e. The quantitative estimate of drug-likeness (QED) is 0.676. The predicted octanol–water partition coefficient (Wildman–Crippen LogP) is 5.00. The number of rotatable bonds is 0. The third-order valence-electron chi connectivity index (χ3n) is 3.14. The van der Waals surface area contributed by atoms with Crippen LogP contribution in [0.1, 0.15) is 31.9 Å². The van der Waals surface area contributed by atoms with Gasteiger partial charge in [0.1, 0.15) is 11.6 Å². The van der Waals surface area contributed by atoms with Crippen molar-refractivity contribution in [1.82, 2.24) is 0 Å². The van der Waals surface area contributed by atoms with Gasteiger partial charge in [0.2, 0.25) is 0 Å². The molecule has 0 atom stereocenters. The minimum Gasteiger partial charge on any atom is -0.508 e. The molecule has 2 rings (SSSR count). The van der Waals surface area contributed by atoms with E-state index in [0.717, 1.165) is 6.07 Å². The number of hydrogen-bond acceptors (Lipinski definition) is 1. The fourth-order valence-electron chi connectivity index (χ4n) is 2.29. The van der Waals surface area contributed by atoms with E-state index in [9.17, 15) is 22.7 Å². The van der Waals surface area contributed by atoms with E-state index in [-0.39, 0.29) is 22.1 Å². The van der Waals surface area contributed by atoms with Gasteiger partial charge in [0.15, 0.2) is 0 Å². The maximum atomic E-state index is 13.7. The van der Waals surface area contributed by atoms with Crippen LogP contribution in [0.25, 0.3) is 10.8 Å². The zero-order valence-electron chi connectivity index (χ0n) is 11.3. The van der Waals surface area contributed by atoms with Gasteiger partial charge in [0, 0.05) is 5.39 Å². The molecule has 2 aromatic rings. The Labute approximate surface area is 113 Å². The Morgan fingerprint density at radius 2 is 1.60 bits per heavy atom. The van der Waals surface area contributed by atoms with Crippen LogP contribution in [0.15, 0.2) is 24.3 Å². The number of halogens is 4. The maximum absolute atomic E-state index is 13.7. The molecule has 5 heteroatoms. The fraction of sp³-hybridized carbons (Fsp3) is 0.333. The van der Waals surface area contributed by atoms with Crippen LogP contribution in [-0.4, -0.2) is 5.11 Å². The number of hydrogen-bond donors (Lipinski definition) is 1. The highest BCUT2D eigenvalue weighted by Crippen LogP contribution is 2.42. The molecular weight excluding hydrogens is 272 g/mol. The summed E-state index contributed by atoms with van der Waals surface area (Å²) >= 11 is 0. The van der Waals surface area contributed by atoms with E-state index in [2.05, 4.69) is 0 Å². The van der Waals surface area contributed by atoms with Crippen molar-refractivity contribution in [2.24, 2.45) is 0 Å². The number of fused-ring (bicyclic) bond motifs is 1. The SMILES string of the molecule is CC(C)(C)c1cc(O)cc2ccc(F)c(C(F)(F)F)c12. The maximum Gasteiger partial charge on any atom is 0.419 e. The molecule has 0 spiro atoms. The average molecular weight is 286 g/mol. The molecule has 0 saturated heterocycles. The van der Waals surface area contributed by atoms with Gasteiger partial charge in [-0.3, -0.25) is 0 Å². The molecule has 0 aliphatic carbocycles. The summed E-state index contributed by atoms with van der Waals surface area (Å²) in [5.41, 5.74) is -1.68. The van der Waals surface area contributed by atoms with Crippen LogP contribution in [-0.2, 0) is 11.6 Å². The molecule has 0 aliphatic rings. The van der Waals surface area contributed by atoms with Crippen molar-refractivity contribution in [1.29, 1.82) is 0 Å². The van der Waals surface area contributed by atoms with E-state index in [1.54, 1.807) is 20.8 Å². The van der Waals surface area contributed by atoms with E-state index < -0.39 is 23.0 Å². The van der Waals surface area contributed by atoms with Crippen LogP contribution in [0.4, 0.5) is 17.6 Å². The molecule has 2 aromatic carbocycles. The van der Waals surface area contributed by atoms with Gasteiger partial charge in [-0.05, 0) is 34.6 Å². The van der Waals surface area contributed by atoms with Crippen molar-refractivity contribution >= 4 is 10.8 Å². The molecule has 0 amide bonds. The summed E-state index contributed by atoms with van der Waals surface area (Å²) in [4.78, 5) is 0. The smallest absolute Gasteiger partial charge is 0.419 e. The molecule has 1 nitrogen and oxygen atoms in total. The normalized spacial score (nSPS) is 12.9. The van der Waals surface area contributed by atoms with Crippen molar-refractivity contribution in [3.8, 4) is 5.75 Å². The number of benzene rings is 2. The van der Waals surface area contributed by atoms with Crippen molar-refractivity contribution in [2.75, 3.05) is 0 Å². The standard InChI is InChI=1S/C15H14F4O/c1-14(2,3)10-7-9(20)6-8-4-5-11(16)13(12(8)10)15(17,18)19/h4-7,20H,1-3H3. The summed E-state index contributed by atoms with van der Waals surface area (Å²) in [6, 6.07) is 4.49. The summed E-state index contributed by atoms with van der Waals surface area (Å²) in [6.07, 6.45) is -4.79. The molecule has 0 radical (unpaired) electrons.